The molecule has 0 aromatic heterocycles. The fraction of sp³-hybridized carbons (Fsp3) is 0.462. The molecular formula is C13H17BClNO3. The summed E-state index contributed by atoms with van der Waals surface area (Å²) in [6.07, 6.45) is 5.59. The summed E-state index contributed by atoms with van der Waals surface area (Å²) in [5, 5.41) is 21.3. The first-order chi connectivity index (χ1) is 9.08. The third-order valence-electron chi connectivity index (χ3n) is 3.48. The Morgan fingerprint density at radius 1 is 1.26 bits per heavy atom. The molecule has 2 rings (SSSR count). The molecule has 0 radical (unpaired) electrons. The van der Waals surface area contributed by atoms with E-state index < -0.39 is 7.12 Å². The highest BCUT2D eigenvalue weighted by atomic mass is 35.5. The van der Waals surface area contributed by atoms with Gasteiger partial charge in [0.25, 0.3) is 5.91 Å². The third kappa shape index (κ3) is 3.72. The Hall–Kier alpha value is -1.04. The van der Waals surface area contributed by atoms with E-state index in [1.807, 2.05) is 0 Å². The van der Waals surface area contributed by atoms with E-state index in [2.05, 4.69) is 5.32 Å². The van der Waals surface area contributed by atoms with Crippen molar-refractivity contribution < 1.29 is 14.8 Å². The van der Waals surface area contributed by atoms with Crippen LogP contribution in [0, 0.1) is 0 Å². The maximum absolute atomic E-state index is 12.1. The van der Waals surface area contributed by atoms with Crippen molar-refractivity contribution in [1.29, 1.82) is 0 Å². The Morgan fingerprint density at radius 3 is 2.53 bits per heavy atom. The molecule has 1 aromatic carbocycles. The van der Waals surface area contributed by atoms with Gasteiger partial charge in [-0.1, -0.05) is 36.9 Å². The Balaban J connectivity index is 2.04. The van der Waals surface area contributed by atoms with Crippen LogP contribution in [0.3, 0.4) is 0 Å². The number of hydrogen-bond acceptors (Lipinski definition) is 3. The van der Waals surface area contributed by atoms with Gasteiger partial charge in [0.05, 0.1) is 0 Å². The van der Waals surface area contributed by atoms with Gasteiger partial charge in [-0.05, 0) is 25.0 Å². The van der Waals surface area contributed by atoms with Gasteiger partial charge in [0.15, 0.2) is 0 Å². The van der Waals surface area contributed by atoms with E-state index in [4.69, 9.17) is 21.6 Å². The van der Waals surface area contributed by atoms with Gasteiger partial charge in [0.1, 0.15) is 0 Å². The first-order valence-electron chi connectivity index (χ1n) is 6.54. The predicted octanol–water partition coefficient (Wildman–Crippen LogP) is 1.08. The second-order valence-corrected chi connectivity index (χ2v) is 5.33. The lowest BCUT2D eigenvalue weighted by Gasteiger charge is -2.22. The van der Waals surface area contributed by atoms with Gasteiger partial charge in [-0.3, -0.25) is 4.79 Å². The van der Waals surface area contributed by atoms with Crippen molar-refractivity contribution in [1.82, 2.24) is 5.32 Å². The molecule has 0 heterocycles. The van der Waals surface area contributed by atoms with Gasteiger partial charge in [-0.2, -0.15) is 0 Å². The molecule has 3 N–H and O–H groups in total. The Labute approximate surface area is 117 Å². The molecule has 1 aliphatic rings. The molecule has 0 aliphatic heterocycles. The highest BCUT2D eigenvalue weighted by molar-refractivity contribution is 6.62. The van der Waals surface area contributed by atoms with Crippen LogP contribution in [0.5, 0.6) is 0 Å². The third-order valence-corrected chi connectivity index (χ3v) is 3.81. The molecule has 19 heavy (non-hydrogen) atoms. The van der Waals surface area contributed by atoms with E-state index in [0.29, 0.717) is 5.56 Å². The van der Waals surface area contributed by atoms with E-state index in [-0.39, 0.29) is 22.4 Å². The first kappa shape index (κ1) is 14.4. The monoisotopic (exact) mass is 281 g/mol. The Bertz CT molecular complexity index is 461. The van der Waals surface area contributed by atoms with Gasteiger partial charge in [0, 0.05) is 22.1 Å². The van der Waals surface area contributed by atoms with Crippen LogP contribution >= 0.6 is 11.6 Å². The minimum absolute atomic E-state index is 0.159. The normalized spacial score (nSPS) is 16.2. The quantitative estimate of drug-likeness (QED) is 0.726. The van der Waals surface area contributed by atoms with Crippen molar-refractivity contribution in [3.63, 3.8) is 0 Å². The van der Waals surface area contributed by atoms with E-state index in [1.54, 1.807) is 6.07 Å². The molecule has 0 atom stereocenters. The molecule has 1 fully saturated rings. The zero-order valence-electron chi connectivity index (χ0n) is 10.6. The highest BCUT2D eigenvalue weighted by Gasteiger charge is 2.19. The second-order valence-electron chi connectivity index (χ2n) is 4.92. The van der Waals surface area contributed by atoms with Gasteiger partial charge in [0.2, 0.25) is 0 Å². The summed E-state index contributed by atoms with van der Waals surface area (Å²) in [6, 6.07) is 4.72. The number of hydrogen-bond donors (Lipinski definition) is 3. The number of rotatable bonds is 3. The smallest absolute Gasteiger partial charge is 0.423 e. The summed E-state index contributed by atoms with van der Waals surface area (Å²) < 4.78 is 0. The van der Waals surface area contributed by atoms with Crippen molar-refractivity contribution >= 4 is 30.1 Å². The van der Waals surface area contributed by atoms with Crippen molar-refractivity contribution in [2.75, 3.05) is 0 Å². The van der Waals surface area contributed by atoms with E-state index >= 15 is 0 Å². The number of nitrogens with one attached hydrogen (secondary N) is 1. The summed E-state index contributed by atoms with van der Waals surface area (Å²) >= 11 is 5.91. The minimum Gasteiger partial charge on any atom is -0.423 e. The average molecular weight is 282 g/mol. The standard InChI is InChI=1S/C13H17BClNO3/c15-12-8-9(6-7-11(12)14(18)19)13(17)16-10-4-2-1-3-5-10/h6-8,10,18-19H,1-5H2,(H,16,17). The molecule has 6 heteroatoms. The van der Waals surface area contributed by atoms with Crippen LogP contribution in [0.15, 0.2) is 18.2 Å². The lowest BCUT2D eigenvalue weighted by Crippen LogP contribution is -2.36. The topological polar surface area (TPSA) is 69.6 Å². The number of carbonyl (C=O) groups excluding carboxylic acids is 1. The lowest BCUT2D eigenvalue weighted by atomic mass is 9.80. The van der Waals surface area contributed by atoms with Crippen LogP contribution in [0.25, 0.3) is 0 Å². The lowest BCUT2D eigenvalue weighted by molar-refractivity contribution is 0.0927. The van der Waals surface area contributed by atoms with Crippen LogP contribution in [0.4, 0.5) is 0 Å². The van der Waals surface area contributed by atoms with Crippen LogP contribution in [-0.2, 0) is 0 Å². The number of benzene rings is 1. The fourth-order valence-corrected chi connectivity index (χ4v) is 2.67. The summed E-state index contributed by atoms with van der Waals surface area (Å²) in [5.41, 5.74) is 0.649. The number of halogens is 1. The molecular weight excluding hydrogens is 264 g/mol. The van der Waals surface area contributed by atoms with E-state index in [1.165, 1.54) is 18.6 Å². The highest BCUT2D eigenvalue weighted by Crippen LogP contribution is 2.18. The first-order valence-corrected chi connectivity index (χ1v) is 6.92. The second kappa shape index (κ2) is 6.41. The molecule has 0 bridgehead atoms. The summed E-state index contributed by atoms with van der Waals surface area (Å²) in [6.45, 7) is 0. The van der Waals surface area contributed by atoms with Gasteiger partial charge >= 0.3 is 7.12 Å². The Morgan fingerprint density at radius 2 is 1.95 bits per heavy atom. The molecule has 0 unspecified atom stereocenters. The maximum Gasteiger partial charge on any atom is 0.489 e. The van der Waals surface area contributed by atoms with Gasteiger partial charge in [-0.25, -0.2) is 0 Å². The van der Waals surface area contributed by atoms with E-state index in [9.17, 15) is 4.79 Å². The molecule has 0 saturated heterocycles. The van der Waals surface area contributed by atoms with Gasteiger partial charge in [-0.15, -0.1) is 0 Å². The van der Waals surface area contributed by atoms with Crippen molar-refractivity contribution in [2.45, 2.75) is 38.1 Å². The van der Waals surface area contributed by atoms with Crippen molar-refractivity contribution in [3.8, 4) is 0 Å². The Kier molecular flexibility index (Phi) is 4.85. The van der Waals surface area contributed by atoms with E-state index in [0.717, 1.165) is 25.7 Å². The minimum atomic E-state index is -1.62. The van der Waals surface area contributed by atoms with Crippen LogP contribution in [0.1, 0.15) is 42.5 Å². The maximum atomic E-state index is 12.1. The van der Waals surface area contributed by atoms with Gasteiger partial charge < -0.3 is 15.4 Å². The zero-order chi connectivity index (χ0) is 13.8. The predicted molar refractivity (Wildman–Crippen MR) is 75.6 cm³/mol. The fourth-order valence-electron chi connectivity index (χ4n) is 2.39. The van der Waals surface area contributed by atoms with Crippen LogP contribution < -0.4 is 10.8 Å². The van der Waals surface area contributed by atoms with Crippen LogP contribution in [-0.4, -0.2) is 29.1 Å². The SMILES string of the molecule is O=C(NC1CCCCC1)c1ccc(B(O)O)c(Cl)c1. The number of carbonyl (C=O) groups is 1. The average Bonchev–Trinajstić information content (AvgIpc) is 2.39. The largest absolute Gasteiger partial charge is 0.489 e. The summed E-state index contributed by atoms with van der Waals surface area (Å²) in [5.74, 6) is -0.159. The molecule has 4 nitrogen and oxygen atoms in total. The zero-order valence-corrected chi connectivity index (χ0v) is 11.4. The molecule has 1 saturated carbocycles. The summed E-state index contributed by atoms with van der Waals surface area (Å²) in [7, 11) is -1.62. The van der Waals surface area contributed by atoms with Crippen molar-refractivity contribution in [2.24, 2.45) is 0 Å². The number of amides is 1. The molecule has 1 amide bonds. The van der Waals surface area contributed by atoms with Crippen LogP contribution in [0.2, 0.25) is 5.02 Å². The molecule has 1 aromatic rings. The molecule has 0 spiro atoms. The summed E-state index contributed by atoms with van der Waals surface area (Å²) in [4.78, 5) is 12.1. The van der Waals surface area contributed by atoms with Crippen molar-refractivity contribution in [3.05, 3.63) is 28.8 Å². The molecule has 102 valence electrons. The molecule has 1 aliphatic carbocycles.